The molecule has 0 amide bonds. The molecule has 1 unspecified atom stereocenters. The Bertz CT molecular complexity index is 428. The number of benzene rings is 1. The molecule has 0 aliphatic rings. The lowest BCUT2D eigenvalue weighted by Crippen LogP contribution is -2.23. The number of hydrogen-bond donors (Lipinski definition) is 0. The van der Waals surface area contributed by atoms with E-state index in [9.17, 15) is 4.79 Å². The Labute approximate surface area is 135 Å². The number of carbonyl (C=O) groups excluding carboxylic acids is 1. The maximum absolute atomic E-state index is 12.4. The van der Waals surface area contributed by atoms with Crippen LogP contribution in [-0.4, -0.2) is 25.8 Å². The summed E-state index contributed by atoms with van der Waals surface area (Å²) in [4.78, 5) is 12.4. The molecule has 3 heteroatoms. The third-order valence-corrected chi connectivity index (χ3v) is 3.87. The van der Waals surface area contributed by atoms with Crippen LogP contribution in [0.5, 0.6) is 0 Å². The molecule has 0 heterocycles. The quantitative estimate of drug-likeness (QED) is 0.436. The van der Waals surface area contributed by atoms with Crippen molar-refractivity contribution in [3.05, 3.63) is 35.4 Å². The summed E-state index contributed by atoms with van der Waals surface area (Å²) in [5.74, 6) is -0.229. The van der Waals surface area contributed by atoms with E-state index in [0.29, 0.717) is 12.2 Å². The van der Waals surface area contributed by atoms with E-state index in [1.54, 1.807) is 7.11 Å². The zero-order valence-electron chi connectivity index (χ0n) is 14.3. The van der Waals surface area contributed by atoms with Crippen molar-refractivity contribution in [2.45, 2.75) is 64.9 Å². The monoisotopic (exact) mass is 306 g/mol. The minimum absolute atomic E-state index is 0.149. The molecule has 0 N–H and O–H groups in total. The molecule has 22 heavy (non-hydrogen) atoms. The highest BCUT2D eigenvalue weighted by atomic mass is 16.6. The average molecular weight is 306 g/mol. The van der Waals surface area contributed by atoms with Gasteiger partial charge in [0.25, 0.3) is 0 Å². The topological polar surface area (TPSA) is 35.5 Å². The summed E-state index contributed by atoms with van der Waals surface area (Å²) in [7, 11) is 1.65. The third kappa shape index (κ3) is 6.61. The Balaban J connectivity index is 2.52. The normalized spacial score (nSPS) is 12.1. The second-order valence-electron chi connectivity index (χ2n) is 5.70. The molecule has 3 nitrogen and oxygen atoms in total. The summed E-state index contributed by atoms with van der Waals surface area (Å²) < 4.78 is 10.9. The minimum atomic E-state index is -0.229. The van der Waals surface area contributed by atoms with Crippen LogP contribution in [0.1, 0.15) is 68.3 Å². The summed E-state index contributed by atoms with van der Waals surface area (Å²) >= 11 is 0. The molecule has 0 saturated carbocycles. The van der Waals surface area contributed by atoms with Gasteiger partial charge in [-0.3, -0.25) is 0 Å². The number of rotatable bonds is 11. The Hall–Kier alpha value is -1.35. The van der Waals surface area contributed by atoms with Gasteiger partial charge in [-0.25, -0.2) is 4.79 Å². The molecular weight excluding hydrogens is 276 g/mol. The first-order chi connectivity index (χ1) is 10.7. The van der Waals surface area contributed by atoms with Crippen LogP contribution in [-0.2, 0) is 15.9 Å². The summed E-state index contributed by atoms with van der Waals surface area (Å²) in [6.45, 7) is 4.72. The van der Waals surface area contributed by atoms with Crippen molar-refractivity contribution in [1.29, 1.82) is 0 Å². The van der Waals surface area contributed by atoms with Gasteiger partial charge in [0.15, 0.2) is 0 Å². The number of aryl methyl sites for hydroxylation is 1. The molecule has 0 aliphatic carbocycles. The Kier molecular flexibility index (Phi) is 9.56. The van der Waals surface area contributed by atoms with Gasteiger partial charge < -0.3 is 9.47 Å². The van der Waals surface area contributed by atoms with Crippen LogP contribution < -0.4 is 0 Å². The summed E-state index contributed by atoms with van der Waals surface area (Å²) in [6, 6.07) is 7.65. The van der Waals surface area contributed by atoms with Crippen molar-refractivity contribution >= 4 is 5.97 Å². The summed E-state index contributed by atoms with van der Waals surface area (Å²) in [6.07, 6.45) is 7.60. The lowest BCUT2D eigenvalue weighted by Gasteiger charge is -2.18. The van der Waals surface area contributed by atoms with Crippen molar-refractivity contribution in [2.24, 2.45) is 0 Å². The average Bonchev–Trinajstić information content (AvgIpc) is 2.54. The smallest absolute Gasteiger partial charge is 0.338 e. The Morgan fingerprint density at radius 2 is 1.82 bits per heavy atom. The van der Waals surface area contributed by atoms with E-state index < -0.39 is 0 Å². The van der Waals surface area contributed by atoms with Crippen LogP contribution in [0.15, 0.2) is 24.3 Å². The van der Waals surface area contributed by atoms with Crippen LogP contribution in [0.3, 0.4) is 0 Å². The van der Waals surface area contributed by atoms with Crippen LogP contribution in [0.2, 0.25) is 0 Å². The standard InChI is InChI=1S/C19H30O3/c1-4-6-7-8-9-13-17(15-21-3)22-19(20)18-14-11-10-12-16(18)5-2/h10-12,14,17H,4-9,13,15H2,1-3H3. The number of carbonyl (C=O) groups is 1. The molecule has 1 aromatic rings. The molecule has 0 saturated heterocycles. The van der Waals surface area contributed by atoms with Crippen LogP contribution >= 0.6 is 0 Å². The fraction of sp³-hybridized carbons (Fsp3) is 0.632. The lowest BCUT2D eigenvalue weighted by molar-refractivity contribution is 0.00228. The van der Waals surface area contributed by atoms with Crippen molar-refractivity contribution in [2.75, 3.05) is 13.7 Å². The van der Waals surface area contributed by atoms with Crippen LogP contribution in [0.4, 0.5) is 0 Å². The van der Waals surface area contributed by atoms with Gasteiger partial charge in [0.1, 0.15) is 6.10 Å². The molecule has 0 spiro atoms. The zero-order valence-corrected chi connectivity index (χ0v) is 14.3. The van der Waals surface area contributed by atoms with E-state index in [-0.39, 0.29) is 12.1 Å². The van der Waals surface area contributed by atoms with Gasteiger partial charge in [0.2, 0.25) is 0 Å². The van der Waals surface area contributed by atoms with Crippen molar-refractivity contribution in [3.63, 3.8) is 0 Å². The van der Waals surface area contributed by atoms with E-state index in [1.807, 2.05) is 31.2 Å². The summed E-state index contributed by atoms with van der Waals surface area (Å²) in [5, 5.41) is 0. The maximum Gasteiger partial charge on any atom is 0.338 e. The maximum atomic E-state index is 12.4. The number of unbranched alkanes of at least 4 members (excludes halogenated alkanes) is 4. The van der Waals surface area contributed by atoms with Crippen LogP contribution in [0.25, 0.3) is 0 Å². The Morgan fingerprint density at radius 1 is 1.09 bits per heavy atom. The predicted octanol–water partition coefficient (Wildman–Crippen LogP) is 4.78. The van der Waals surface area contributed by atoms with Gasteiger partial charge in [-0.05, 0) is 30.9 Å². The number of ether oxygens (including phenoxy) is 2. The van der Waals surface area contributed by atoms with Crippen molar-refractivity contribution in [3.8, 4) is 0 Å². The van der Waals surface area contributed by atoms with E-state index in [4.69, 9.17) is 9.47 Å². The van der Waals surface area contributed by atoms with Gasteiger partial charge >= 0.3 is 5.97 Å². The number of esters is 1. The molecule has 0 aliphatic heterocycles. The second-order valence-corrected chi connectivity index (χ2v) is 5.70. The van der Waals surface area contributed by atoms with E-state index >= 15 is 0 Å². The largest absolute Gasteiger partial charge is 0.456 e. The van der Waals surface area contributed by atoms with Gasteiger partial charge in [-0.2, -0.15) is 0 Å². The molecule has 0 aromatic heterocycles. The van der Waals surface area contributed by atoms with Gasteiger partial charge in [0.05, 0.1) is 12.2 Å². The van der Waals surface area contributed by atoms with Crippen molar-refractivity contribution < 1.29 is 14.3 Å². The van der Waals surface area contributed by atoms with E-state index in [0.717, 1.165) is 24.8 Å². The molecule has 124 valence electrons. The zero-order chi connectivity index (χ0) is 16.2. The fourth-order valence-corrected chi connectivity index (χ4v) is 2.58. The second kappa shape index (κ2) is 11.2. The van der Waals surface area contributed by atoms with E-state index in [1.165, 1.54) is 25.7 Å². The molecule has 1 atom stereocenters. The number of methoxy groups -OCH3 is 1. The molecular formula is C19H30O3. The molecule has 0 radical (unpaired) electrons. The highest BCUT2D eigenvalue weighted by Gasteiger charge is 2.17. The van der Waals surface area contributed by atoms with Gasteiger partial charge in [0, 0.05) is 7.11 Å². The lowest BCUT2D eigenvalue weighted by atomic mass is 10.1. The molecule has 1 aromatic carbocycles. The minimum Gasteiger partial charge on any atom is -0.456 e. The van der Waals surface area contributed by atoms with Gasteiger partial charge in [-0.1, -0.05) is 57.7 Å². The van der Waals surface area contributed by atoms with Crippen molar-refractivity contribution in [1.82, 2.24) is 0 Å². The molecule has 0 bridgehead atoms. The first kappa shape index (κ1) is 18.7. The van der Waals surface area contributed by atoms with Gasteiger partial charge in [-0.15, -0.1) is 0 Å². The van der Waals surface area contributed by atoms with Crippen LogP contribution in [0, 0.1) is 0 Å². The number of hydrogen-bond acceptors (Lipinski definition) is 3. The molecule has 1 rings (SSSR count). The fourth-order valence-electron chi connectivity index (χ4n) is 2.58. The first-order valence-electron chi connectivity index (χ1n) is 8.50. The van der Waals surface area contributed by atoms with E-state index in [2.05, 4.69) is 6.92 Å². The third-order valence-electron chi connectivity index (χ3n) is 3.87. The first-order valence-corrected chi connectivity index (χ1v) is 8.50. The predicted molar refractivity (Wildman–Crippen MR) is 90.3 cm³/mol. The SMILES string of the molecule is CCCCCCCC(COC)OC(=O)c1ccccc1CC. The Morgan fingerprint density at radius 3 is 2.50 bits per heavy atom. The molecule has 0 fully saturated rings. The highest BCUT2D eigenvalue weighted by molar-refractivity contribution is 5.91. The summed E-state index contributed by atoms with van der Waals surface area (Å²) in [5.41, 5.74) is 1.71. The highest BCUT2D eigenvalue weighted by Crippen LogP contribution is 2.15.